The van der Waals surface area contributed by atoms with Crippen LogP contribution >= 0.6 is 0 Å². The van der Waals surface area contributed by atoms with Gasteiger partial charge in [0.25, 0.3) is 5.91 Å². The Balaban J connectivity index is 2.31. The fourth-order valence-electron chi connectivity index (χ4n) is 1.64. The number of rotatable bonds is 4. The fraction of sp³-hybridized carbons (Fsp3) is 0.417. The number of hydroxylamine groups is 1. The van der Waals surface area contributed by atoms with Crippen molar-refractivity contribution in [3.63, 3.8) is 0 Å². The summed E-state index contributed by atoms with van der Waals surface area (Å²) in [4.78, 5) is 20.8. The highest BCUT2D eigenvalue weighted by Crippen LogP contribution is 2.16. The quantitative estimate of drug-likeness (QED) is 0.836. The predicted octanol–water partition coefficient (Wildman–Crippen LogP) is 1.69. The van der Waals surface area contributed by atoms with Crippen molar-refractivity contribution < 1.29 is 9.63 Å². The summed E-state index contributed by atoms with van der Waals surface area (Å²) < 4.78 is 1.82. The minimum Gasteiger partial charge on any atom is -0.274 e. The van der Waals surface area contributed by atoms with Crippen molar-refractivity contribution in [1.29, 1.82) is 0 Å². The third-order valence-corrected chi connectivity index (χ3v) is 2.49. The van der Waals surface area contributed by atoms with Gasteiger partial charge in [0.15, 0.2) is 5.65 Å². The number of pyridine rings is 1. The van der Waals surface area contributed by atoms with Gasteiger partial charge in [0.05, 0.1) is 18.4 Å². The lowest BCUT2D eigenvalue weighted by molar-refractivity contribution is 0.0364. The number of fused-ring (bicyclic) bond motifs is 1. The molecule has 1 N–H and O–H groups in total. The highest BCUT2D eigenvalue weighted by Gasteiger charge is 2.11. The molecule has 0 aromatic carbocycles. The lowest BCUT2D eigenvalue weighted by Crippen LogP contribution is -2.23. The van der Waals surface area contributed by atoms with Gasteiger partial charge in [-0.2, -0.15) is 5.10 Å². The lowest BCUT2D eigenvalue weighted by Gasteiger charge is -2.06. The highest BCUT2D eigenvalue weighted by molar-refractivity contribution is 5.96. The van der Waals surface area contributed by atoms with E-state index in [2.05, 4.69) is 15.6 Å². The molecule has 0 aliphatic rings. The summed E-state index contributed by atoms with van der Waals surface area (Å²) in [5.74, 6) is -0.302. The van der Waals surface area contributed by atoms with Crippen molar-refractivity contribution in [2.24, 2.45) is 0 Å². The van der Waals surface area contributed by atoms with Gasteiger partial charge in [0.2, 0.25) is 0 Å². The van der Waals surface area contributed by atoms with Gasteiger partial charge < -0.3 is 0 Å². The molecule has 0 aliphatic heterocycles. The number of nitrogens with zero attached hydrogens (tertiary/aromatic N) is 3. The first kappa shape index (κ1) is 12.5. The number of hydrogen-bond acceptors (Lipinski definition) is 4. The number of aromatic nitrogens is 3. The monoisotopic (exact) mass is 248 g/mol. The van der Waals surface area contributed by atoms with Crippen LogP contribution in [0.3, 0.4) is 0 Å². The topological polar surface area (TPSA) is 69.0 Å². The second kappa shape index (κ2) is 5.14. The molecule has 2 rings (SSSR count). The second-order valence-electron chi connectivity index (χ2n) is 4.18. The Hall–Kier alpha value is -1.95. The molecule has 2 aromatic heterocycles. The van der Waals surface area contributed by atoms with E-state index in [4.69, 9.17) is 4.84 Å². The van der Waals surface area contributed by atoms with Crippen LogP contribution < -0.4 is 5.48 Å². The molecule has 0 atom stereocenters. The molecule has 1 amide bonds. The van der Waals surface area contributed by atoms with E-state index in [1.165, 1.54) is 6.20 Å². The first-order valence-corrected chi connectivity index (χ1v) is 5.89. The third kappa shape index (κ3) is 2.33. The molecule has 2 heterocycles. The van der Waals surface area contributed by atoms with Crippen LogP contribution in [0, 0.1) is 0 Å². The highest BCUT2D eigenvalue weighted by atomic mass is 16.6. The molecule has 6 nitrogen and oxygen atoms in total. The van der Waals surface area contributed by atoms with Crippen LogP contribution in [0.4, 0.5) is 0 Å². The van der Waals surface area contributed by atoms with E-state index in [1.54, 1.807) is 19.2 Å². The molecule has 0 radical (unpaired) electrons. The Morgan fingerprint density at radius 1 is 1.50 bits per heavy atom. The summed E-state index contributed by atoms with van der Waals surface area (Å²) >= 11 is 0. The second-order valence-corrected chi connectivity index (χ2v) is 4.18. The Kier molecular flexibility index (Phi) is 3.57. The van der Waals surface area contributed by atoms with E-state index in [-0.39, 0.29) is 11.9 Å². The van der Waals surface area contributed by atoms with E-state index in [1.807, 2.05) is 18.5 Å². The maximum atomic E-state index is 11.7. The average Bonchev–Trinajstić information content (AvgIpc) is 2.78. The fourth-order valence-corrected chi connectivity index (χ4v) is 1.64. The Morgan fingerprint density at radius 3 is 2.94 bits per heavy atom. The van der Waals surface area contributed by atoms with Crippen molar-refractivity contribution in [3.8, 4) is 0 Å². The van der Waals surface area contributed by atoms with Crippen LogP contribution in [-0.4, -0.2) is 27.3 Å². The van der Waals surface area contributed by atoms with Gasteiger partial charge >= 0.3 is 0 Å². The van der Waals surface area contributed by atoms with E-state index in [0.29, 0.717) is 12.2 Å². The largest absolute Gasteiger partial charge is 0.276 e. The molecule has 18 heavy (non-hydrogen) atoms. The van der Waals surface area contributed by atoms with Crippen molar-refractivity contribution in [1.82, 2.24) is 20.2 Å². The number of amides is 1. The number of carbonyl (C=O) groups is 1. The molecule has 0 saturated heterocycles. The molecular formula is C12H16N4O2. The van der Waals surface area contributed by atoms with Crippen molar-refractivity contribution in [3.05, 3.63) is 24.0 Å². The molecule has 0 saturated carbocycles. The van der Waals surface area contributed by atoms with Gasteiger partial charge in [-0.15, -0.1) is 0 Å². The third-order valence-electron chi connectivity index (χ3n) is 2.49. The van der Waals surface area contributed by atoms with Gasteiger partial charge in [-0.05, 0) is 26.8 Å². The molecule has 0 bridgehead atoms. The molecule has 0 unspecified atom stereocenters. The van der Waals surface area contributed by atoms with Crippen LogP contribution in [0.15, 0.2) is 18.5 Å². The van der Waals surface area contributed by atoms with Gasteiger partial charge in [-0.3, -0.25) is 9.63 Å². The predicted molar refractivity (Wildman–Crippen MR) is 67.0 cm³/mol. The molecule has 0 fully saturated rings. The number of nitrogens with one attached hydrogen (secondary N) is 1. The lowest BCUT2D eigenvalue weighted by atomic mass is 10.2. The molecule has 96 valence electrons. The van der Waals surface area contributed by atoms with Crippen LogP contribution in [0.5, 0.6) is 0 Å². The molecular weight excluding hydrogens is 232 g/mol. The van der Waals surface area contributed by atoms with Gasteiger partial charge in [0, 0.05) is 17.6 Å². The van der Waals surface area contributed by atoms with Crippen molar-refractivity contribution >= 4 is 16.9 Å². The first-order valence-electron chi connectivity index (χ1n) is 5.89. The van der Waals surface area contributed by atoms with Crippen LogP contribution in [0.2, 0.25) is 0 Å². The van der Waals surface area contributed by atoms with Crippen LogP contribution in [-0.2, 0) is 4.84 Å². The zero-order valence-corrected chi connectivity index (χ0v) is 10.7. The van der Waals surface area contributed by atoms with Crippen LogP contribution in [0.1, 0.15) is 37.2 Å². The minimum absolute atomic E-state index is 0.234. The van der Waals surface area contributed by atoms with Crippen molar-refractivity contribution in [2.75, 3.05) is 6.61 Å². The molecule has 0 spiro atoms. The van der Waals surface area contributed by atoms with Gasteiger partial charge in [-0.1, -0.05) is 0 Å². The van der Waals surface area contributed by atoms with Gasteiger partial charge in [-0.25, -0.2) is 15.1 Å². The summed E-state index contributed by atoms with van der Waals surface area (Å²) in [6.45, 7) is 6.29. The SMILES string of the molecule is CCONC(=O)c1cnc2c(cnn2C(C)C)c1. The zero-order valence-electron chi connectivity index (χ0n) is 10.7. The summed E-state index contributed by atoms with van der Waals surface area (Å²) in [5, 5.41) is 5.09. The summed E-state index contributed by atoms with van der Waals surface area (Å²) in [6.07, 6.45) is 3.23. The average molecular weight is 248 g/mol. The normalized spacial score (nSPS) is 11.1. The summed E-state index contributed by atoms with van der Waals surface area (Å²) in [5.41, 5.74) is 3.57. The van der Waals surface area contributed by atoms with Gasteiger partial charge in [0.1, 0.15) is 0 Å². The Bertz CT molecular complexity index is 562. The van der Waals surface area contributed by atoms with E-state index in [0.717, 1.165) is 11.0 Å². The summed E-state index contributed by atoms with van der Waals surface area (Å²) in [6, 6.07) is 1.99. The summed E-state index contributed by atoms with van der Waals surface area (Å²) in [7, 11) is 0. The first-order chi connectivity index (χ1) is 8.63. The maximum Gasteiger partial charge on any atom is 0.276 e. The molecule has 0 aliphatic carbocycles. The maximum absolute atomic E-state index is 11.7. The molecule has 2 aromatic rings. The minimum atomic E-state index is -0.302. The van der Waals surface area contributed by atoms with Crippen LogP contribution in [0.25, 0.3) is 11.0 Å². The Morgan fingerprint density at radius 2 is 2.28 bits per heavy atom. The molecule has 6 heteroatoms. The van der Waals surface area contributed by atoms with E-state index < -0.39 is 0 Å². The number of hydrogen-bond donors (Lipinski definition) is 1. The standard InChI is InChI=1S/C12H16N4O2/c1-4-18-15-12(17)10-5-9-7-14-16(8(2)3)11(9)13-6-10/h5-8H,4H2,1-3H3,(H,15,17). The van der Waals surface area contributed by atoms with Crippen molar-refractivity contribution in [2.45, 2.75) is 26.8 Å². The smallest absolute Gasteiger partial charge is 0.274 e. The van der Waals surface area contributed by atoms with E-state index >= 15 is 0 Å². The number of carbonyl (C=O) groups excluding carboxylic acids is 1. The zero-order chi connectivity index (χ0) is 13.1. The van der Waals surface area contributed by atoms with E-state index in [9.17, 15) is 4.79 Å². The Labute approximate surface area is 105 Å².